The molecule has 31 heavy (non-hydrogen) atoms. The van der Waals surface area contributed by atoms with Gasteiger partial charge in [-0.25, -0.2) is 4.79 Å². The zero-order valence-electron chi connectivity index (χ0n) is 17.7. The first-order valence-electron chi connectivity index (χ1n) is 9.42. The van der Waals surface area contributed by atoms with Crippen LogP contribution in [0.15, 0.2) is 40.9 Å². The zero-order chi connectivity index (χ0) is 22.8. The van der Waals surface area contributed by atoms with Gasteiger partial charge in [-0.2, -0.15) is 14.9 Å². The minimum atomic E-state index is -0.573. The quantitative estimate of drug-likeness (QED) is 0.344. The Kier molecular flexibility index (Phi) is 6.19. The van der Waals surface area contributed by atoms with Crippen molar-refractivity contribution in [1.29, 1.82) is 0 Å². The summed E-state index contributed by atoms with van der Waals surface area (Å²) in [7, 11) is 0. The number of nitrogens with one attached hydrogen (secondary N) is 1. The molecule has 0 fully saturated rings. The van der Waals surface area contributed by atoms with E-state index >= 15 is 0 Å². The Labute approximate surface area is 189 Å². The van der Waals surface area contributed by atoms with Gasteiger partial charge in [0.05, 0.1) is 11.0 Å². The van der Waals surface area contributed by atoms with Crippen molar-refractivity contribution >= 4 is 43.8 Å². The molecule has 0 amide bonds. The average Bonchev–Trinajstić information content (AvgIpc) is 3.27. The van der Waals surface area contributed by atoms with Crippen molar-refractivity contribution in [1.82, 2.24) is 20.0 Å². The van der Waals surface area contributed by atoms with Crippen molar-refractivity contribution in [3.8, 4) is 24.7 Å². The minimum Gasteiger partial charge on any atom is -0.442 e. The number of aromatic nitrogens is 4. The Hall–Kier alpha value is -3.55. The van der Waals surface area contributed by atoms with Crippen LogP contribution in [0.25, 0.3) is 21.8 Å². The summed E-state index contributed by atoms with van der Waals surface area (Å²) >= 11 is 3.37. The van der Waals surface area contributed by atoms with E-state index in [4.69, 9.17) is 17.6 Å². The van der Waals surface area contributed by atoms with E-state index in [0.717, 1.165) is 32.0 Å². The number of aromatic amines is 1. The van der Waals surface area contributed by atoms with Crippen LogP contribution in [0.3, 0.4) is 0 Å². The van der Waals surface area contributed by atoms with Crippen LogP contribution in [0.1, 0.15) is 37.7 Å². The van der Waals surface area contributed by atoms with Crippen molar-refractivity contribution in [3.05, 3.63) is 57.8 Å². The fourth-order valence-corrected chi connectivity index (χ4v) is 3.24. The highest BCUT2D eigenvalue weighted by Crippen LogP contribution is 2.21. The second-order valence-electron chi connectivity index (χ2n) is 7.81. The molecule has 0 unspecified atom stereocenters. The van der Waals surface area contributed by atoms with E-state index in [2.05, 4.69) is 43.1 Å². The molecule has 2 heterocycles. The largest absolute Gasteiger partial charge is 0.442 e. The highest BCUT2D eigenvalue weighted by molar-refractivity contribution is 9.10. The summed E-state index contributed by atoms with van der Waals surface area (Å²) in [5.74, 6) is 5.03. The molecule has 2 aromatic heterocycles. The maximum absolute atomic E-state index is 12.1. The van der Waals surface area contributed by atoms with Gasteiger partial charge < -0.3 is 4.74 Å². The molecule has 0 aliphatic heterocycles. The lowest BCUT2D eigenvalue weighted by Gasteiger charge is -2.19. The Morgan fingerprint density at radius 1 is 1.13 bits per heavy atom. The number of halogens is 1. The second kappa shape index (κ2) is 8.67. The normalized spacial score (nSPS) is 10.8. The van der Waals surface area contributed by atoms with E-state index in [-0.39, 0.29) is 0 Å². The average molecular weight is 477 g/mol. The number of aryl methyl sites for hydroxylation is 1. The first-order chi connectivity index (χ1) is 14.6. The van der Waals surface area contributed by atoms with Crippen molar-refractivity contribution in [2.75, 3.05) is 0 Å². The van der Waals surface area contributed by atoms with E-state index in [9.17, 15) is 4.79 Å². The number of fused-ring (bicyclic) bond motifs is 2. The van der Waals surface area contributed by atoms with Crippen LogP contribution in [0.2, 0.25) is 0 Å². The van der Waals surface area contributed by atoms with E-state index < -0.39 is 11.7 Å². The molecule has 0 saturated carbocycles. The molecule has 4 rings (SSSR count). The monoisotopic (exact) mass is 476 g/mol. The molecule has 0 bridgehead atoms. The molecule has 0 radical (unpaired) electrons. The molecule has 0 aliphatic carbocycles. The molecule has 0 atom stereocenters. The van der Waals surface area contributed by atoms with Crippen molar-refractivity contribution in [2.24, 2.45) is 0 Å². The standard InChI is InChI=1S/C15H16N2O2.C9H5BrN2/c1-6-12-11-9-10(2)7-8-13(11)17(16-12)14(18)19-15(3,4)5;1-2-8-7-5-6(10)3-4-9(7)12-11-8/h1,7-9H,2-5H3;1,3-5H,(H,11,12). The van der Waals surface area contributed by atoms with Crippen LogP contribution < -0.4 is 0 Å². The van der Waals surface area contributed by atoms with Crippen molar-refractivity contribution < 1.29 is 9.53 Å². The van der Waals surface area contributed by atoms with Gasteiger partial charge in [-0.15, -0.1) is 12.8 Å². The summed E-state index contributed by atoms with van der Waals surface area (Å²) < 4.78 is 7.54. The van der Waals surface area contributed by atoms with Gasteiger partial charge in [0, 0.05) is 15.2 Å². The summed E-state index contributed by atoms with van der Waals surface area (Å²) in [5.41, 5.74) is 3.22. The first kappa shape index (κ1) is 22.1. The van der Waals surface area contributed by atoms with Crippen LogP contribution in [0.5, 0.6) is 0 Å². The van der Waals surface area contributed by atoms with Gasteiger partial charge >= 0.3 is 6.09 Å². The smallest absolute Gasteiger partial charge is 0.435 e. The summed E-state index contributed by atoms with van der Waals surface area (Å²) in [6.45, 7) is 7.39. The van der Waals surface area contributed by atoms with Gasteiger partial charge in [0.1, 0.15) is 17.0 Å². The van der Waals surface area contributed by atoms with Gasteiger partial charge in [0.2, 0.25) is 0 Å². The maximum atomic E-state index is 12.1. The Morgan fingerprint density at radius 2 is 1.87 bits per heavy atom. The second-order valence-corrected chi connectivity index (χ2v) is 8.73. The number of hydrogen-bond acceptors (Lipinski definition) is 4. The van der Waals surface area contributed by atoms with Crippen LogP contribution in [-0.4, -0.2) is 31.7 Å². The fourth-order valence-electron chi connectivity index (χ4n) is 2.88. The lowest BCUT2D eigenvalue weighted by atomic mass is 10.1. The molecular formula is C24H21BrN4O2. The number of terminal acetylenes is 2. The molecule has 0 saturated heterocycles. The number of ether oxygens (including phenoxy) is 1. The van der Waals surface area contributed by atoms with Crippen LogP contribution in [-0.2, 0) is 4.74 Å². The fraction of sp³-hybridized carbons (Fsp3) is 0.208. The SMILES string of the molecule is C#Cc1[nH]nc2ccc(Br)cc12.C#Cc1nn(C(=O)OC(C)(C)C)c2ccc(C)cc12. The first-order valence-corrected chi connectivity index (χ1v) is 10.2. The molecule has 156 valence electrons. The molecule has 4 aromatic rings. The van der Waals surface area contributed by atoms with Gasteiger partial charge in [0.15, 0.2) is 0 Å². The lowest BCUT2D eigenvalue weighted by molar-refractivity contribution is 0.0522. The van der Waals surface area contributed by atoms with Gasteiger partial charge in [-0.05, 0) is 63.9 Å². The molecule has 6 nitrogen and oxygen atoms in total. The maximum Gasteiger partial charge on any atom is 0.435 e. The number of carbonyl (C=O) groups is 1. The molecule has 1 N–H and O–H groups in total. The summed E-state index contributed by atoms with van der Waals surface area (Å²) in [6, 6.07) is 11.4. The van der Waals surface area contributed by atoms with E-state index in [0.29, 0.717) is 11.2 Å². The van der Waals surface area contributed by atoms with E-state index in [1.54, 1.807) is 0 Å². The molecule has 7 heteroatoms. The van der Waals surface area contributed by atoms with Gasteiger partial charge in [-0.1, -0.05) is 33.5 Å². The third kappa shape index (κ3) is 4.96. The summed E-state index contributed by atoms with van der Waals surface area (Å²) in [6.07, 6.45) is 10.2. The molecule has 0 aliphatic rings. The Morgan fingerprint density at radius 3 is 2.52 bits per heavy atom. The van der Waals surface area contributed by atoms with Crippen molar-refractivity contribution in [2.45, 2.75) is 33.3 Å². The molecular weight excluding hydrogens is 456 g/mol. The number of nitrogens with zero attached hydrogens (tertiary/aromatic N) is 3. The highest BCUT2D eigenvalue weighted by atomic mass is 79.9. The van der Waals surface area contributed by atoms with Gasteiger partial charge in [-0.3, -0.25) is 5.10 Å². The zero-order valence-corrected chi connectivity index (χ0v) is 19.2. The molecule has 0 spiro atoms. The minimum absolute atomic E-state index is 0.449. The summed E-state index contributed by atoms with van der Waals surface area (Å²) in [5, 5.41) is 12.7. The summed E-state index contributed by atoms with van der Waals surface area (Å²) in [4.78, 5) is 12.1. The molecule has 2 aromatic carbocycles. The topological polar surface area (TPSA) is 72.8 Å². The Balaban J connectivity index is 0.000000194. The number of benzene rings is 2. The number of hydrogen-bond donors (Lipinski definition) is 1. The number of H-pyrrole nitrogens is 1. The van der Waals surface area contributed by atoms with Crippen LogP contribution in [0.4, 0.5) is 4.79 Å². The van der Waals surface area contributed by atoms with Crippen molar-refractivity contribution in [3.63, 3.8) is 0 Å². The van der Waals surface area contributed by atoms with Crippen LogP contribution in [0, 0.1) is 31.6 Å². The van der Waals surface area contributed by atoms with E-state index in [1.807, 2.05) is 64.1 Å². The predicted octanol–water partition coefficient (Wildman–Crippen LogP) is 5.42. The van der Waals surface area contributed by atoms with Crippen LogP contribution >= 0.6 is 15.9 Å². The third-order valence-corrected chi connectivity index (χ3v) is 4.69. The number of rotatable bonds is 0. The Bertz CT molecular complexity index is 1360. The number of carbonyl (C=O) groups excluding carboxylic acids is 1. The van der Waals surface area contributed by atoms with E-state index in [1.165, 1.54) is 4.68 Å². The van der Waals surface area contributed by atoms with Gasteiger partial charge in [0.25, 0.3) is 0 Å². The predicted molar refractivity (Wildman–Crippen MR) is 126 cm³/mol. The highest BCUT2D eigenvalue weighted by Gasteiger charge is 2.21. The lowest BCUT2D eigenvalue weighted by Crippen LogP contribution is -2.27. The third-order valence-electron chi connectivity index (χ3n) is 4.20.